The molecule has 2 heterocycles. The molecule has 0 amide bonds. The van der Waals surface area contributed by atoms with Crippen LogP contribution in [0.1, 0.15) is 6.92 Å². The summed E-state index contributed by atoms with van der Waals surface area (Å²) < 4.78 is 1.87. The lowest BCUT2D eigenvalue weighted by Crippen LogP contribution is -1.91. The number of hydrogen-bond donors (Lipinski definition) is 1. The minimum absolute atomic E-state index is 0.257. The van der Waals surface area contributed by atoms with Gasteiger partial charge in [0.1, 0.15) is 10.8 Å². The molecule has 0 saturated heterocycles. The highest BCUT2D eigenvalue weighted by Crippen LogP contribution is 2.33. The number of thiazole rings is 1. The molecule has 1 aromatic carbocycles. The highest BCUT2D eigenvalue weighted by atomic mass is 32.1. The second kappa shape index (κ2) is 4.85. The van der Waals surface area contributed by atoms with Gasteiger partial charge in [-0.3, -0.25) is 4.68 Å². The molecule has 19 heavy (non-hydrogen) atoms. The van der Waals surface area contributed by atoms with Gasteiger partial charge in [0.15, 0.2) is 0 Å². The summed E-state index contributed by atoms with van der Waals surface area (Å²) in [5.41, 5.74) is 2.66. The van der Waals surface area contributed by atoms with Crippen LogP contribution in [-0.2, 0) is 6.54 Å². The van der Waals surface area contributed by atoms with Gasteiger partial charge in [-0.05, 0) is 19.1 Å². The summed E-state index contributed by atoms with van der Waals surface area (Å²) in [5.74, 6) is 0.257. The van der Waals surface area contributed by atoms with E-state index in [0.717, 1.165) is 28.4 Å². The summed E-state index contributed by atoms with van der Waals surface area (Å²) in [6.45, 7) is 2.89. The maximum Gasteiger partial charge on any atom is 0.127 e. The van der Waals surface area contributed by atoms with Crippen LogP contribution in [0.2, 0.25) is 0 Å². The maximum atomic E-state index is 9.84. The summed E-state index contributed by atoms with van der Waals surface area (Å²) in [6.07, 6.45) is 3.79. The van der Waals surface area contributed by atoms with Crippen LogP contribution in [0, 0.1) is 0 Å². The van der Waals surface area contributed by atoms with E-state index in [1.807, 2.05) is 41.5 Å². The first-order valence-corrected chi connectivity index (χ1v) is 6.92. The number of benzene rings is 1. The molecule has 0 saturated carbocycles. The van der Waals surface area contributed by atoms with Gasteiger partial charge in [0.2, 0.25) is 0 Å². The molecule has 2 aromatic heterocycles. The highest BCUT2D eigenvalue weighted by molar-refractivity contribution is 7.13. The van der Waals surface area contributed by atoms with Crippen LogP contribution in [-0.4, -0.2) is 19.9 Å². The Morgan fingerprint density at radius 2 is 2.16 bits per heavy atom. The third-order valence-electron chi connectivity index (χ3n) is 2.89. The summed E-state index contributed by atoms with van der Waals surface area (Å²) in [6, 6.07) is 7.24. The zero-order valence-electron chi connectivity index (χ0n) is 10.4. The van der Waals surface area contributed by atoms with E-state index in [2.05, 4.69) is 10.1 Å². The fourth-order valence-corrected chi connectivity index (χ4v) is 2.72. The lowest BCUT2D eigenvalue weighted by atomic mass is 10.2. The molecule has 3 aromatic rings. The average molecular weight is 271 g/mol. The van der Waals surface area contributed by atoms with E-state index < -0.39 is 0 Å². The topological polar surface area (TPSA) is 50.9 Å². The number of hydrogen-bond acceptors (Lipinski definition) is 4. The Kier molecular flexibility index (Phi) is 3.05. The molecule has 4 nitrogen and oxygen atoms in total. The molecule has 0 radical (unpaired) electrons. The van der Waals surface area contributed by atoms with Crippen LogP contribution in [0.5, 0.6) is 5.75 Å². The Balaban J connectivity index is 1.97. The molecule has 0 aliphatic carbocycles. The van der Waals surface area contributed by atoms with Gasteiger partial charge in [-0.1, -0.05) is 12.1 Å². The second-order valence-electron chi connectivity index (χ2n) is 4.14. The van der Waals surface area contributed by atoms with E-state index in [4.69, 9.17) is 0 Å². The first kappa shape index (κ1) is 11.9. The number of para-hydroxylation sites is 1. The molecule has 5 heteroatoms. The summed E-state index contributed by atoms with van der Waals surface area (Å²) in [4.78, 5) is 4.56. The molecule has 0 bridgehead atoms. The van der Waals surface area contributed by atoms with E-state index in [0.29, 0.717) is 0 Å². The molecule has 0 aliphatic rings. The van der Waals surface area contributed by atoms with Crippen molar-refractivity contribution in [3.63, 3.8) is 0 Å². The second-order valence-corrected chi connectivity index (χ2v) is 5.00. The Morgan fingerprint density at radius 3 is 2.89 bits per heavy atom. The van der Waals surface area contributed by atoms with Crippen LogP contribution in [0.25, 0.3) is 21.8 Å². The first-order valence-electron chi connectivity index (χ1n) is 6.04. The van der Waals surface area contributed by atoms with E-state index >= 15 is 0 Å². The van der Waals surface area contributed by atoms with Crippen molar-refractivity contribution in [2.45, 2.75) is 13.5 Å². The standard InChI is InChI=1S/C14H13N3OS/c1-2-17-8-10(7-15-17)12-9-19-14(16-12)11-5-3-4-6-13(11)18/h3-9,18H,2H2,1H3. The summed E-state index contributed by atoms with van der Waals surface area (Å²) >= 11 is 1.52. The Bertz CT molecular complexity index is 702. The van der Waals surface area contributed by atoms with E-state index in [-0.39, 0.29) is 5.75 Å². The van der Waals surface area contributed by atoms with E-state index in [1.54, 1.807) is 12.1 Å². The van der Waals surface area contributed by atoms with E-state index in [9.17, 15) is 5.11 Å². The SMILES string of the molecule is CCn1cc(-c2csc(-c3ccccc3O)n2)cn1. The summed E-state index contributed by atoms with van der Waals surface area (Å²) in [5, 5.41) is 16.9. The minimum atomic E-state index is 0.257. The van der Waals surface area contributed by atoms with Gasteiger partial charge >= 0.3 is 0 Å². The Morgan fingerprint density at radius 1 is 1.32 bits per heavy atom. The Hall–Kier alpha value is -2.14. The predicted octanol–water partition coefficient (Wildman–Crippen LogP) is 3.40. The van der Waals surface area contributed by atoms with Crippen LogP contribution in [0.15, 0.2) is 42.0 Å². The number of phenolic OH excluding ortho intramolecular Hbond substituents is 1. The van der Waals surface area contributed by atoms with Gasteiger partial charge in [0.25, 0.3) is 0 Å². The van der Waals surface area contributed by atoms with Crippen molar-refractivity contribution in [2.75, 3.05) is 0 Å². The minimum Gasteiger partial charge on any atom is -0.507 e. The van der Waals surface area contributed by atoms with Crippen molar-refractivity contribution in [2.24, 2.45) is 0 Å². The van der Waals surface area contributed by atoms with Crippen molar-refractivity contribution >= 4 is 11.3 Å². The third kappa shape index (κ3) is 2.24. The lowest BCUT2D eigenvalue weighted by molar-refractivity contribution is 0.477. The number of aryl methyl sites for hydroxylation is 1. The van der Waals surface area contributed by atoms with Crippen molar-refractivity contribution in [1.29, 1.82) is 0 Å². The predicted molar refractivity (Wildman–Crippen MR) is 76.1 cm³/mol. The van der Waals surface area contributed by atoms with Crippen molar-refractivity contribution in [1.82, 2.24) is 14.8 Å². The molecule has 0 spiro atoms. The monoisotopic (exact) mass is 271 g/mol. The van der Waals surface area contributed by atoms with Crippen LogP contribution < -0.4 is 0 Å². The first-order chi connectivity index (χ1) is 9.28. The quantitative estimate of drug-likeness (QED) is 0.794. The normalized spacial score (nSPS) is 10.8. The van der Waals surface area contributed by atoms with Gasteiger partial charge < -0.3 is 5.11 Å². The largest absolute Gasteiger partial charge is 0.507 e. The molecule has 0 unspecified atom stereocenters. The van der Waals surface area contributed by atoms with Crippen LogP contribution in [0.4, 0.5) is 0 Å². The average Bonchev–Trinajstić information content (AvgIpc) is 3.08. The Labute approximate surface area is 115 Å². The molecule has 0 atom stereocenters. The number of nitrogens with zero attached hydrogens (tertiary/aromatic N) is 3. The zero-order chi connectivity index (χ0) is 13.2. The van der Waals surface area contributed by atoms with Gasteiger partial charge in [0, 0.05) is 23.7 Å². The molecule has 3 rings (SSSR count). The smallest absolute Gasteiger partial charge is 0.127 e. The number of phenols is 1. The number of aromatic nitrogens is 3. The number of aromatic hydroxyl groups is 1. The van der Waals surface area contributed by atoms with Gasteiger partial charge in [-0.25, -0.2) is 4.98 Å². The highest BCUT2D eigenvalue weighted by Gasteiger charge is 2.10. The maximum absolute atomic E-state index is 9.84. The fourth-order valence-electron chi connectivity index (χ4n) is 1.85. The molecule has 1 N–H and O–H groups in total. The molecular weight excluding hydrogens is 258 g/mol. The van der Waals surface area contributed by atoms with Crippen LogP contribution >= 0.6 is 11.3 Å². The van der Waals surface area contributed by atoms with E-state index in [1.165, 1.54) is 11.3 Å². The van der Waals surface area contributed by atoms with Crippen molar-refractivity contribution in [3.8, 4) is 27.6 Å². The molecule has 96 valence electrons. The number of rotatable bonds is 3. The fraction of sp³-hybridized carbons (Fsp3) is 0.143. The van der Waals surface area contributed by atoms with Gasteiger partial charge in [-0.2, -0.15) is 5.10 Å². The molecular formula is C14H13N3OS. The molecule has 0 aliphatic heterocycles. The molecule has 0 fully saturated rings. The van der Waals surface area contributed by atoms with Crippen molar-refractivity contribution < 1.29 is 5.11 Å². The van der Waals surface area contributed by atoms with Crippen molar-refractivity contribution in [3.05, 3.63) is 42.0 Å². The third-order valence-corrected chi connectivity index (χ3v) is 3.77. The van der Waals surface area contributed by atoms with Gasteiger partial charge in [-0.15, -0.1) is 11.3 Å². The lowest BCUT2D eigenvalue weighted by Gasteiger charge is -1.98. The van der Waals surface area contributed by atoms with Gasteiger partial charge in [0.05, 0.1) is 17.5 Å². The van der Waals surface area contributed by atoms with Crippen LogP contribution in [0.3, 0.4) is 0 Å². The zero-order valence-corrected chi connectivity index (χ0v) is 11.3. The summed E-state index contributed by atoms with van der Waals surface area (Å²) in [7, 11) is 0.